The van der Waals surface area contributed by atoms with Gasteiger partial charge in [-0.3, -0.25) is 4.79 Å². The summed E-state index contributed by atoms with van der Waals surface area (Å²) in [5.41, 5.74) is 0.889. The van der Waals surface area contributed by atoms with E-state index in [1.165, 1.54) is 0 Å². The molecular formula is C17H24N2O4. The molecular weight excluding hydrogens is 296 g/mol. The zero-order valence-electron chi connectivity index (χ0n) is 13.2. The van der Waals surface area contributed by atoms with Crippen LogP contribution in [0.15, 0.2) is 30.3 Å². The molecule has 6 nitrogen and oxygen atoms in total. The number of hydrogen-bond acceptors (Lipinski definition) is 4. The van der Waals surface area contributed by atoms with Gasteiger partial charge in [0, 0.05) is 18.6 Å². The number of ether oxygens (including phenoxy) is 1. The Morgan fingerprint density at radius 3 is 2.65 bits per heavy atom. The maximum atomic E-state index is 11.9. The molecule has 1 saturated carbocycles. The zero-order valence-corrected chi connectivity index (χ0v) is 13.2. The molecule has 1 fully saturated rings. The SMILES string of the molecule is O=C(CNC(=O)OCc1ccccc1)NC1CCCCC1CO. The van der Waals surface area contributed by atoms with Gasteiger partial charge in [-0.2, -0.15) is 0 Å². The third kappa shape index (κ3) is 5.90. The van der Waals surface area contributed by atoms with Crippen molar-refractivity contribution in [2.45, 2.75) is 38.3 Å². The van der Waals surface area contributed by atoms with Gasteiger partial charge in [0.25, 0.3) is 0 Å². The first kappa shape index (κ1) is 17.3. The predicted molar refractivity (Wildman–Crippen MR) is 85.6 cm³/mol. The third-order valence-corrected chi connectivity index (χ3v) is 4.10. The van der Waals surface area contributed by atoms with Gasteiger partial charge < -0.3 is 20.5 Å². The van der Waals surface area contributed by atoms with Crippen molar-refractivity contribution >= 4 is 12.0 Å². The molecule has 126 valence electrons. The molecule has 6 heteroatoms. The Hall–Kier alpha value is -2.08. The van der Waals surface area contributed by atoms with Gasteiger partial charge in [-0.1, -0.05) is 43.2 Å². The van der Waals surface area contributed by atoms with E-state index in [9.17, 15) is 14.7 Å². The van der Waals surface area contributed by atoms with Crippen molar-refractivity contribution in [2.24, 2.45) is 5.92 Å². The summed E-state index contributed by atoms with van der Waals surface area (Å²) in [5.74, 6) is -0.148. The molecule has 0 heterocycles. The first-order valence-electron chi connectivity index (χ1n) is 8.04. The first-order chi connectivity index (χ1) is 11.2. The van der Waals surface area contributed by atoms with Crippen LogP contribution in [0.25, 0.3) is 0 Å². The second-order valence-electron chi connectivity index (χ2n) is 5.82. The number of benzene rings is 1. The van der Waals surface area contributed by atoms with Gasteiger partial charge in [0.05, 0.1) is 0 Å². The minimum absolute atomic E-state index is 0.0108. The van der Waals surface area contributed by atoms with Crippen LogP contribution in [0.4, 0.5) is 4.79 Å². The number of aliphatic hydroxyl groups excluding tert-OH is 1. The van der Waals surface area contributed by atoms with Crippen LogP contribution in [0.3, 0.4) is 0 Å². The number of aliphatic hydroxyl groups is 1. The minimum atomic E-state index is -0.619. The summed E-state index contributed by atoms with van der Waals surface area (Å²) in [6.45, 7) is 0.128. The number of carbonyl (C=O) groups is 2. The summed E-state index contributed by atoms with van der Waals surface area (Å²) in [6.07, 6.45) is 3.31. The fraction of sp³-hybridized carbons (Fsp3) is 0.529. The molecule has 2 amide bonds. The molecule has 0 bridgehead atoms. The van der Waals surface area contributed by atoms with E-state index in [0.29, 0.717) is 0 Å². The maximum Gasteiger partial charge on any atom is 0.407 e. The Balaban J connectivity index is 1.66. The van der Waals surface area contributed by atoms with E-state index >= 15 is 0 Å². The maximum absolute atomic E-state index is 11.9. The molecule has 0 saturated heterocycles. The quantitative estimate of drug-likeness (QED) is 0.742. The van der Waals surface area contributed by atoms with E-state index in [4.69, 9.17) is 4.74 Å². The van der Waals surface area contributed by atoms with Crippen molar-refractivity contribution in [3.8, 4) is 0 Å². The summed E-state index contributed by atoms with van der Waals surface area (Å²) >= 11 is 0. The standard InChI is InChI=1S/C17H24N2O4/c20-11-14-8-4-5-9-15(14)19-16(21)10-18-17(22)23-12-13-6-2-1-3-7-13/h1-3,6-7,14-15,20H,4-5,8-12H2,(H,18,22)(H,19,21). The Morgan fingerprint density at radius 1 is 1.17 bits per heavy atom. The molecule has 2 rings (SSSR count). The van der Waals surface area contributed by atoms with Crippen molar-refractivity contribution < 1.29 is 19.4 Å². The highest BCUT2D eigenvalue weighted by Crippen LogP contribution is 2.23. The lowest BCUT2D eigenvalue weighted by Gasteiger charge is -2.30. The van der Waals surface area contributed by atoms with Gasteiger partial charge in [0.2, 0.25) is 5.91 Å². The second kappa shape index (κ2) is 9.15. The highest BCUT2D eigenvalue weighted by atomic mass is 16.5. The van der Waals surface area contributed by atoms with Gasteiger partial charge in [0.1, 0.15) is 13.2 Å². The fourth-order valence-corrected chi connectivity index (χ4v) is 2.80. The lowest BCUT2D eigenvalue weighted by atomic mass is 9.85. The Kier molecular flexibility index (Phi) is 6.87. The van der Waals surface area contributed by atoms with Crippen LogP contribution in [-0.4, -0.2) is 36.3 Å². The van der Waals surface area contributed by atoms with E-state index in [0.717, 1.165) is 31.2 Å². The zero-order chi connectivity index (χ0) is 16.5. The minimum Gasteiger partial charge on any atom is -0.445 e. The molecule has 1 aliphatic rings. The smallest absolute Gasteiger partial charge is 0.407 e. The second-order valence-corrected chi connectivity index (χ2v) is 5.82. The average molecular weight is 320 g/mol. The molecule has 23 heavy (non-hydrogen) atoms. The molecule has 2 atom stereocenters. The molecule has 3 N–H and O–H groups in total. The molecule has 0 aromatic heterocycles. The van der Waals surface area contributed by atoms with Crippen LogP contribution in [0, 0.1) is 5.92 Å². The Morgan fingerprint density at radius 2 is 1.91 bits per heavy atom. The van der Waals surface area contributed by atoms with Crippen LogP contribution in [0.1, 0.15) is 31.2 Å². The van der Waals surface area contributed by atoms with Crippen molar-refractivity contribution in [3.05, 3.63) is 35.9 Å². The Labute approximate surface area is 136 Å². The van der Waals surface area contributed by atoms with Crippen molar-refractivity contribution in [3.63, 3.8) is 0 Å². The topological polar surface area (TPSA) is 87.7 Å². The lowest BCUT2D eigenvalue weighted by Crippen LogP contribution is -2.47. The average Bonchev–Trinajstić information content (AvgIpc) is 2.59. The monoisotopic (exact) mass is 320 g/mol. The molecule has 1 aromatic rings. The number of alkyl carbamates (subject to hydrolysis) is 1. The van der Waals surface area contributed by atoms with Crippen molar-refractivity contribution in [2.75, 3.05) is 13.2 Å². The van der Waals surface area contributed by atoms with Crippen LogP contribution in [-0.2, 0) is 16.1 Å². The van der Waals surface area contributed by atoms with Gasteiger partial charge in [0.15, 0.2) is 0 Å². The van der Waals surface area contributed by atoms with Gasteiger partial charge in [-0.15, -0.1) is 0 Å². The normalized spacial score (nSPS) is 20.6. The lowest BCUT2D eigenvalue weighted by molar-refractivity contribution is -0.121. The fourth-order valence-electron chi connectivity index (χ4n) is 2.80. The largest absolute Gasteiger partial charge is 0.445 e. The molecule has 0 spiro atoms. The van der Waals surface area contributed by atoms with E-state index in [2.05, 4.69) is 10.6 Å². The molecule has 0 radical (unpaired) electrons. The summed E-state index contributed by atoms with van der Waals surface area (Å²) in [7, 11) is 0. The molecule has 0 aliphatic heterocycles. The van der Waals surface area contributed by atoms with Gasteiger partial charge >= 0.3 is 6.09 Å². The Bertz CT molecular complexity index is 507. The number of rotatable bonds is 6. The number of carbonyl (C=O) groups excluding carboxylic acids is 2. The predicted octanol–water partition coefficient (Wildman–Crippen LogP) is 1.58. The van der Waals surface area contributed by atoms with Crippen LogP contribution >= 0.6 is 0 Å². The highest BCUT2D eigenvalue weighted by Gasteiger charge is 2.25. The van der Waals surface area contributed by atoms with Crippen LogP contribution in [0.2, 0.25) is 0 Å². The van der Waals surface area contributed by atoms with Crippen LogP contribution in [0.5, 0.6) is 0 Å². The van der Waals surface area contributed by atoms with E-state index in [1.54, 1.807) is 0 Å². The number of amides is 2. The summed E-state index contributed by atoms with van der Waals surface area (Å²) in [4.78, 5) is 23.5. The first-order valence-corrected chi connectivity index (χ1v) is 8.04. The van der Waals surface area contributed by atoms with E-state index < -0.39 is 6.09 Å². The number of nitrogens with one attached hydrogen (secondary N) is 2. The summed E-state index contributed by atoms with van der Waals surface area (Å²) in [6, 6.07) is 9.33. The summed E-state index contributed by atoms with van der Waals surface area (Å²) in [5, 5.41) is 14.6. The van der Waals surface area contributed by atoms with Gasteiger partial charge in [-0.25, -0.2) is 4.79 Å². The third-order valence-electron chi connectivity index (χ3n) is 4.10. The molecule has 2 unspecified atom stereocenters. The molecule has 1 aliphatic carbocycles. The van der Waals surface area contributed by atoms with Crippen molar-refractivity contribution in [1.29, 1.82) is 0 Å². The summed E-state index contributed by atoms with van der Waals surface area (Å²) < 4.78 is 5.04. The highest BCUT2D eigenvalue weighted by molar-refractivity contribution is 5.82. The van der Waals surface area contributed by atoms with Crippen molar-refractivity contribution in [1.82, 2.24) is 10.6 Å². The van der Waals surface area contributed by atoms with Crippen LogP contribution < -0.4 is 10.6 Å². The molecule has 1 aromatic carbocycles. The number of hydrogen-bond donors (Lipinski definition) is 3. The van der Waals surface area contributed by atoms with Gasteiger partial charge in [-0.05, 0) is 18.4 Å². The van der Waals surface area contributed by atoms with E-state index in [-0.39, 0.29) is 37.6 Å². The van der Waals surface area contributed by atoms with E-state index in [1.807, 2.05) is 30.3 Å².